The zero-order valence-electron chi connectivity index (χ0n) is 27.1. The Labute approximate surface area is 278 Å². The Morgan fingerprint density at radius 3 is 1.67 bits per heavy atom. The number of halogens is 1. The average molecular weight is 673 g/mol. The number of hydrogen-bond donors (Lipinski definition) is 3. The maximum atomic E-state index is 12.5. The molecule has 0 radical (unpaired) electrons. The van der Waals surface area contributed by atoms with E-state index < -0.39 is 38.7 Å². The SMILES string of the molecule is C1CCOC1.C1CN(C2CC2)CCN1.NC(=O)c1cc(F)ccc1[N+](=O)[O-].NC(=O)c1cc(N2CCN(C3CC3)CC2)ccc1[N+](=O)[O-]. The first-order chi connectivity index (χ1) is 23.0. The molecule has 0 atom stereocenters. The van der Waals surface area contributed by atoms with Gasteiger partial charge in [0.25, 0.3) is 23.2 Å². The van der Waals surface area contributed by atoms with Crippen LogP contribution in [-0.4, -0.2) is 109 Å². The van der Waals surface area contributed by atoms with Gasteiger partial charge in [0, 0.05) is 95.5 Å². The van der Waals surface area contributed by atoms with E-state index in [1.54, 1.807) is 6.07 Å². The smallest absolute Gasteiger partial charge is 0.282 e. The fraction of sp³-hybridized carbons (Fsp3) is 0.562. The lowest BCUT2D eigenvalue weighted by Gasteiger charge is -2.36. The summed E-state index contributed by atoms with van der Waals surface area (Å²) in [6, 6.07) is 8.85. The third kappa shape index (κ3) is 11.2. The zero-order chi connectivity index (χ0) is 34.6. The summed E-state index contributed by atoms with van der Waals surface area (Å²) in [5.74, 6) is -2.52. The topological polar surface area (TPSA) is 203 Å². The molecule has 48 heavy (non-hydrogen) atoms. The van der Waals surface area contributed by atoms with Gasteiger partial charge in [-0.15, -0.1) is 0 Å². The van der Waals surface area contributed by atoms with Gasteiger partial charge in [0.15, 0.2) is 0 Å². The van der Waals surface area contributed by atoms with Gasteiger partial charge in [-0.25, -0.2) is 4.39 Å². The summed E-state index contributed by atoms with van der Waals surface area (Å²) in [5, 5.41) is 24.6. The highest BCUT2D eigenvalue weighted by Crippen LogP contribution is 2.30. The summed E-state index contributed by atoms with van der Waals surface area (Å²) in [6.07, 6.45) is 8.06. The summed E-state index contributed by atoms with van der Waals surface area (Å²) in [7, 11) is 0. The van der Waals surface area contributed by atoms with Crippen LogP contribution in [0.3, 0.4) is 0 Å². The van der Waals surface area contributed by atoms with E-state index in [4.69, 9.17) is 16.2 Å². The minimum atomic E-state index is -1.02. The number of nitrogens with two attached hydrogens (primary N) is 2. The summed E-state index contributed by atoms with van der Waals surface area (Å²) >= 11 is 0. The monoisotopic (exact) mass is 672 g/mol. The van der Waals surface area contributed by atoms with Crippen LogP contribution >= 0.6 is 0 Å². The largest absolute Gasteiger partial charge is 0.381 e. The van der Waals surface area contributed by atoms with Crippen LogP contribution in [0, 0.1) is 26.0 Å². The number of carbonyl (C=O) groups is 2. The van der Waals surface area contributed by atoms with Crippen molar-refractivity contribution in [3.8, 4) is 0 Å². The molecule has 2 aromatic carbocycles. The lowest BCUT2D eigenvalue weighted by molar-refractivity contribution is -0.385. The van der Waals surface area contributed by atoms with E-state index in [9.17, 15) is 34.2 Å². The normalized spacial score (nSPS) is 19.4. The molecule has 3 saturated heterocycles. The van der Waals surface area contributed by atoms with Crippen molar-refractivity contribution in [3.63, 3.8) is 0 Å². The second-order valence-corrected chi connectivity index (χ2v) is 12.2. The van der Waals surface area contributed by atoms with Crippen molar-refractivity contribution >= 4 is 28.9 Å². The first-order valence-electron chi connectivity index (χ1n) is 16.4. The van der Waals surface area contributed by atoms with Crippen LogP contribution in [0.4, 0.5) is 21.5 Å². The molecule has 3 heterocycles. The van der Waals surface area contributed by atoms with Gasteiger partial charge in [-0.2, -0.15) is 0 Å². The molecule has 2 aromatic rings. The van der Waals surface area contributed by atoms with E-state index in [1.165, 1.54) is 76.8 Å². The van der Waals surface area contributed by atoms with Crippen molar-refractivity contribution in [3.05, 3.63) is 73.6 Å². The summed E-state index contributed by atoms with van der Waals surface area (Å²) < 4.78 is 17.5. The maximum absolute atomic E-state index is 12.5. The summed E-state index contributed by atoms with van der Waals surface area (Å²) in [5.41, 5.74) is 9.71. The molecule has 2 amide bonds. The molecular weight excluding hydrogens is 627 g/mol. The second-order valence-electron chi connectivity index (χ2n) is 12.2. The average Bonchev–Trinajstić information content (AvgIpc) is 4.04. The van der Waals surface area contributed by atoms with E-state index in [1.807, 2.05) is 0 Å². The third-order valence-corrected chi connectivity index (χ3v) is 8.65. The number of benzene rings is 2. The molecule has 16 heteroatoms. The molecule has 0 bridgehead atoms. The van der Waals surface area contributed by atoms with Gasteiger partial charge in [0.05, 0.1) is 9.85 Å². The van der Waals surface area contributed by atoms with Crippen LogP contribution in [0.1, 0.15) is 59.2 Å². The van der Waals surface area contributed by atoms with Crippen LogP contribution in [0.15, 0.2) is 36.4 Å². The van der Waals surface area contributed by atoms with E-state index >= 15 is 0 Å². The number of nitro benzene ring substituents is 2. The molecule has 5 aliphatic rings. The van der Waals surface area contributed by atoms with Crippen molar-refractivity contribution in [1.29, 1.82) is 0 Å². The Morgan fingerprint density at radius 1 is 0.750 bits per heavy atom. The molecule has 5 N–H and O–H groups in total. The van der Waals surface area contributed by atoms with E-state index in [0.717, 1.165) is 75.4 Å². The summed E-state index contributed by atoms with van der Waals surface area (Å²) in [4.78, 5) is 49.1. The Bertz CT molecular complexity index is 1410. The minimum Gasteiger partial charge on any atom is -0.381 e. The highest BCUT2D eigenvalue weighted by atomic mass is 19.1. The van der Waals surface area contributed by atoms with E-state index in [-0.39, 0.29) is 11.3 Å². The van der Waals surface area contributed by atoms with Crippen LogP contribution in [0.2, 0.25) is 0 Å². The number of nitro groups is 2. The number of rotatable bonds is 7. The lowest BCUT2D eigenvalue weighted by atomic mass is 10.1. The molecule has 262 valence electrons. The molecule has 15 nitrogen and oxygen atoms in total. The molecule has 3 aliphatic heterocycles. The van der Waals surface area contributed by atoms with Gasteiger partial charge in [-0.3, -0.25) is 39.6 Å². The third-order valence-electron chi connectivity index (χ3n) is 8.65. The Kier molecular flexibility index (Phi) is 13.5. The van der Waals surface area contributed by atoms with Crippen molar-refractivity contribution < 1.29 is 28.6 Å². The maximum Gasteiger partial charge on any atom is 0.282 e. The molecule has 0 unspecified atom stereocenters. The van der Waals surface area contributed by atoms with Gasteiger partial charge in [0.2, 0.25) is 0 Å². The molecule has 0 spiro atoms. The highest BCUT2D eigenvalue weighted by molar-refractivity contribution is 5.98. The first kappa shape index (κ1) is 36.6. The van der Waals surface area contributed by atoms with E-state index in [2.05, 4.69) is 20.0 Å². The van der Waals surface area contributed by atoms with Crippen LogP contribution in [0.25, 0.3) is 0 Å². The predicted molar refractivity (Wildman–Crippen MR) is 178 cm³/mol. The molecular formula is C32H45FN8O7. The second kappa shape index (κ2) is 17.8. The molecule has 2 aliphatic carbocycles. The van der Waals surface area contributed by atoms with Gasteiger partial charge in [0.1, 0.15) is 16.9 Å². The number of primary amides is 2. The molecule has 0 aromatic heterocycles. The van der Waals surface area contributed by atoms with Crippen LogP contribution < -0.4 is 21.7 Å². The van der Waals surface area contributed by atoms with Crippen LogP contribution in [-0.2, 0) is 4.74 Å². The van der Waals surface area contributed by atoms with Crippen LogP contribution in [0.5, 0.6) is 0 Å². The summed E-state index contributed by atoms with van der Waals surface area (Å²) in [6.45, 7) is 10.7. The van der Waals surface area contributed by atoms with Crippen molar-refractivity contribution in [2.75, 3.05) is 70.5 Å². The Hall–Kier alpha value is -4.25. The minimum absolute atomic E-state index is 0.0258. The van der Waals surface area contributed by atoms with Gasteiger partial charge in [-0.1, -0.05) is 0 Å². The number of anilines is 1. The number of amides is 2. The fourth-order valence-corrected chi connectivity index (χ4v) is 5.72. The molecule has 7 rings (SSSR count). The number of nitrogens with zero attached hydrogens (tertiary/aromatic N) is 5. The van der Waals surface area contributed by atoms with Crippen molar-refractivity contribution in [2.24, 2.45) is 11.5 Å². The molecule has 5 fully saturated rings. The van der Waals surface area contributed by atoms with Crippen molar-refractivity contribution in [1.82, 2.24) is 15.1 Å². The lowest BCUT2D eigenvalue weighted by Crippen LogP contribution is -2.47. The fourth-order valence-electron chi connectivity index (χ4n) is 5.72. The standard InChI is InChI=1S/C14H18N4O3.C7H5FN2O3.C7H14N2.C4H8O/c15-14(19)12-9-11(3-4-13(12)18(20)21)17-7-5-16(6-8-17)10-1-2-10;8-4-1-2-6(10(12)13)5(3-4)7(9)11;1-2-7(1)9-5-3-8-4-6-9;1-2-4-5-3-1/h3-4,9-10H,1-2,5-8H2,(H2,15,19);1-3H,(H2,9,11);7-8H,1-6H2;1-4H2. The number of piperazine rings is 2. The number of ether oxygens (including phenoxy) is 1. The van der Waals surface area contributed by atoms with Gasteiger partial charge >= 0.3 is 0 Å². The van der Waals surface area contributed by atoms with E-state index in [0.29, 0.717) is 0 Å². The van der Waals surface area contributed by atoms with Crippen molar-refractivity contribution in [2.45, 2.75) is 50.6 Å². The quantitative estimate of drug-likeness (QED) is 0.288. The predicted octanol–water partition coefficient (Wildman–Crippen LogP) is 2.66. The first-order valence-corrected chi connectivity index (χ1v) is 16.4. The number of nitrogens with one attached hydrogen (secondary N) is 1. The number of carbonyl (C=O) groups excluding carboxylic acids is 2. The number of hydrogen-bond acceptors (Lipinski definition) is 11. The Balaban J connectivity index is 0.000000163. The zero-order valence-corrected chi connectivity index (χ0v) is 27.1. The van der Waals surface area contributed by atoms with Gasteiger partial charge < -0.3 is 26.4 Å². The van der Waals surface area contributed by atoms with Gasteiger partial charge in [-0.05, 0) is 62.8 Å². The molecule has 2 saturated carbocycles. The Morgan fingerprint density at radius 2 is 1.23 bits per heavy atom. The highest BCUT2D eigenvalue weighted by Gasteiger charge is 2.32.